The summed E-state index contributed by atoms with van der Waals surface area (Å²) < 4.78 is 23.0. The summed E-state index contributed by atoms with van der Waals surface area (Å²) in [6.07, 6.45) is 9.29. The molecule has 2 aliphatic heterocycles. The molecule has 0 unspecified atom stereocenters. The van der Waals surface area contributed by atoms with Gasteiger partial charge in [0.25, 0.3) is 5.91 Å². The second kappa shape index (κ2) is 14.0. The molecule has 48 heavy (non-hydrogen) atoms. The van der Waals surface area contributed by atoms with Crippen LogP contribution in [0.1, 0.15) is 34.5 Å². The van der Waals surface area contributed by atoms with Crippen LogP contribution in [-0.2, 0) is 24.4 Å². The Labute approximate surface area is 280 Å². The van der Waals surface area contributed by atoms with Gasteiger partial charge in [0.1, 0.15) is 12.4 Å². The van der Waals surface area contributed by atoms with Crippen molar-refractivity contribution in [3.05, 3.63) is 114 Å². The van der Waals surface area contributed by atoms with Gasteiger partial charge in [0.05, 0.1) is 24.1 Å². The number of nitrogens with zero attached hydrogens (tertiary/aromatic N) is 6. The number of likely N-dealkylation sites (N-methyl/N-ethyl adjacent to an activating group) is 1. The number of aromatic nitrogens is 3. The zero-order valence-corrected chi connectivity index (χ0v) is 27.3. The summed E-state index contributed by atoms with van der Waals surface area (Å²) in [6.45, 7) is 5.93. The summed E-state index contributed by atoms with van der Waals surface area (Å²) in [5.74, 6) is 0.152. The Bertz CT molecular complexity index is 1880. The van der Waals surface area contributed by atoms with Crippen molar-refractivity contribution in [2.75, 3.05) is 46.3 Å². The molecule has 0 aliphatic carbocycles. The van der Waals surface area contributed by atoms with Crippen LogP contribution in [0.4, 0.5) is 9.18 Å². The molecule has 2 aromatic heterocycles. The normalized spacial score (nSPS) is 16.0. The van der Waals surface area contributed by atoms with Crippen LogP contribution in [0, 0.1) is 11.7 Å². The molecule has 0 saturated carbocycles. The molecule has 7 rings (SSSR count). The zero-order valence-electron chi connectivity index (χ0n) is 27.3. The molecule has 5 aromatic rings. The molecule has 248 valence electrons. The summed E-state index contributed by atoms with van der Waals surface area (Å²) in [6, 6.07) is 20.6. The van der Waals surface area contributed by atoms with Crippen molar-refractivity contribution in [2.24, 2.45) is 5.92 Å². The number of imidazole rings is 1. The van der Waals surface area contributed by atoms with Gasteiger partial charge in [-0.3, -0.25) is 4.79 Å². The van der Waals surface area contributed by atoms with Crippen LogP contribution in [0.3, 0.4) is 0 Å². The minimum absolute atomic E-state index is 0.0706. The Balaban J connectivity index is 1.04. The lowest BCUT2D eigenvalue weighted by Gasteiger charge is -2.32. The molecule has 2 saturated heterocycles. The maximum absolute atomic E-state index is 14.0. The quantitative estimate of drug-likeness (QED) is 0.203. The molecule has 0 bridgehead atoms. The van der Waals surface area contributed by atoms with E-state index in [1.54, 1.807) is 17.0 Å². The number of benzene rings is 3. The second-order valence-electron chi connectivity index (χ2n) is 13.0. The van der Waals surface area contributed by atoms with Crippen molar-refractivity contribution < 1.29 is 18.7 Å². The molecule has 2 aliphatic rings. The summed E-state index contributed by atoms with van der Waals surface area (Å²) in [4.78, 5) is 37.2. The fourth-order valence-corrected chi connectivity index (χ4v) is 6.85. The van der Waals surface area contributed by atoms with E-state index in [1.165, 1.54) is 12.1 Å². The van der Waals surface area contributed by atoms with Crippen LogP contribution in [0.5, 0.6) is 0 Å². The Kier molecular flexibility index (Phi) is 9.25. The van der Waals surface area contributed by atoms with Crippen molar-refractivity contribution in [1.29, 1.82) is 0 Å². The third-order valence-electron chi connectivity index (χ3n) is 9.73. The average molecular weight is 649 g/mol. The van der Waals surface area contributed by atoms with Crippen molar-refractivity contribution in [1.82, 2.24) is 28.8 Å². The predicted octanol–water partition coefficient (Wildman–Crippen LogP) is 6.13. The number of rotatable bonds is 8. The van der Waals surface area contributed by atoms with E-state index >= 15 is 0 Å². The van der Waals surface area contributed by atoms with Gasteiger partial charge in [-0.2, -0.15) is 0 Å². The Morgan fingerprint density at radius 3 is 2.40 bits per heavy atom. The molecule has 3 aromatic carbocycles. The number of hydrogen-bond acceptors (Lipinski definition) is 5. The van der Waals surface area contributed by atoms with Crippen LogP contribution in [0.25, 0.3) is 21.9 Å². The standard InChI is InChI=1S/C38H41FN6O3/c1-41-17-19-43(20-18-41)37(46)36-25-42(24-35(36)34-8-4-6-30-5-2-3-7-33(30)34)23-32-21-40-27-45(32)22-28-13-15-44(16-14-28)38(47)48-26-29-9-11-31(39)12-10-29/h2-12,21,24-25,27-28H,13-20,22-23,26H2,1H3. The molecular formula is C38H41FN6O3. The number of halogens is 1. The number of carbonyl (C=O) groups is 2. The summed E-state index contributed by atoms with van der Waals surface area (Å²) in [7, 11) is 2.10. The van der Waals surface area contributed by atoms with Crippen molar-refractivity contribution in [3.8, 4) is 11.1 Å². The van der Waals surface area contributed by atoms with Crippen LogP contribution in [0.2, 0.25) is 0 Å². The first-order chi connectivity index (χ1) is 23.4. The number of likely N-dealkylation sites (tertiary alicyclic amines) is 1. The molecular weight excluding hydrogens is 607 g/mol. The first-order valence-electron chi connectivity index (χ1n) is 16.7. The maximum Gasteiger partial charge on any atom is 0.410 e. The van der Waals surface area contributed by atoms with Crippen molar-refractivity contribution in [3.63, 3.8) is 0 Å². The van der Waals surface area contributed by atoms with E-state index in [-0.39, 0.29) is 24.4 Å². The van der Waals surface area contributed by atoms with Gasteiger partial charge in [-0.1, -0.05) is 54.6 Å². The van der Waals surface area contributed by atoms with Crippen LogP contribution in [0.15, 0.2) is 91.6 Å². The highest BCUT2D eigenvalue weighted by atomic mass is 19.1. The van der Waals surface area contributed by atoms with Crippen LogP contribution in [-0.4, -0.2) is 87.1 Å². The fourth-order valence-electron chi connectivity index (χ4n) is 6.85. The van der Waals surface area contributed by atoms with E-state index < -0.39 is 0 Å². The monoisotopic (exact) mass is 648 g/mol. The van der Waals surface area contributed by atoms with E-state index in [1.807, 2.05) is 35.8 Å². The van der Waals surface area contributed by atoms with Gasteiger partial charge < -0.3 is 28.6 Å². The molecule has 10 heteroatoms. The minimum atomic E-state index is -0.336. The van der Waals surface area contributed by atoms with Gasteiger partial charge in [-0.15, -0.1) is 0 Å². The number of piperidine rings is 1. The molecule has 0 atom stereocenters. The molecule has 0 spiro atoms. The van der Waals surface area contributed by atoms with Gasteiger partial charge in [-0.05, 0) is 59.8 Å². The Morgan fingerprint density at radius 1 is 0.854 bits per heavy atom. The van der Waals surface area contributed by atoms with Crippen molar-refractivity contribution in [2.45, 2.75) is 32.5 Å². The van der Waals surface area contributed by atoms with Gasteiger partial charge in [-0.25, -0.2) is 14.2 Å². The SMILES string of the molecule is CN1CCN(C(=O)c2cn(Cc3cncn3CC3CCN(C(=O)OCc4ccc(F)cc4)CC3)cc2-c2cccc3ccccc23)CC1. The second-order valence-corrected chi connectivity index (χ2v) is 13.0. The largest absolute Gasteiger partial charge is 0.445 e. The molecule has 4 heterocycles. The third-order valence-corrected chi connectivity index (χ3v) is 9.73. The Morgan fingerprint density at radius 2 is 1.60 bits per heavy atom. The molecule has 9 nitrogen and oxygen atoms in total. The van der Waals surface area contributed by atoms with Gasteiger partial charge in [0, 0.05) is 70.0 Å². The Hall–Kier alpha value is -4.96. The van der Waals surface area contributed by atoms with E-state index in [0.717, 1.165) is 71.2 Å². The van der Waals surface area contributed by atoms with Gasteiger partial charge >= 0.3 is 6.09 Å². The first kappa shape index (κ1) is 31.6. The van der Waals surface area contributed by atoms with Crippen LogP contribution < -0.4 is 0 Å². The molecule has 0 radical (unpaired) electrons. The van der Waals surface area contributed by atoms with Crippen molar-refractivity contribution >= 4 is 22.8 Å². The molecule has 2 fully saturated rings. The first-order valence-corrected chi connectivity index (χ1v) is 16.7. The van der Waals surface area contributed by atoms with E-state index in [2.05, 4.69) is 62.6 Å². The highest BCUT2D eigenvalue weighted by Crippen LogP contribution is 2.33. The number of fused-ring (bicyclic) bond motifs is 1. The van der Waals surface area contributed by atoms with Gasteiger partial charge in [0.2, 0.25) is 0 Å². The molecule has 2 amide bonds. The highest BCUT2D eigenvalue weighted by molar-refractivity contribution is 6.06. The number of carbonyl (C=O) groups excluding carboxylic acids is 2. The predicted molar refractivity (Wildman–Crippen MR) is 183 cm³/mol. The van der Waals surface area contributed by atoms with Crippen LogP contribution >= 0.6 is 0 Å². The smallest absolute Gasteiger partial charge is 0.410 e. The highest BCUT2D eigenvalue weighted by Gasteiger charge is 2.27. The van der Waals surface area contributed by atoms with E-state index in [4.69, 9.17) is 4.74 Å². The van der Waals surface area contributed by atoms with E-state index in [0.29, 0.717) is 38.6 Å². The van der Waals surface area contributed by atoms with E-state index in [9.17, 15) is 14.0 Å². The lowest BCUT2D eigenvalue weighted by molar-refractivity contribution is 0.0664. The number of ether oxygens (including phenoxy) is 1. The minimum Gasteiger partial charge on any atom is -0.445 e. The lowest BCUT2D eigenvalue weighted by Crippen LogP contribution is -2.47. The average Bonchev–Trinajstić information content (AvgIpc) is 3.74. The topological polar surface area (TPSA) is 75.8 Å². The zero-order chi connectivity index (χ0) is 33.0. The summed E-state index contributed by atoms with van der Waals surface area (Å²) in [5, 5.41) is 2.27. The summed E-state index contributed by atoms with van der Waals surface area (Å²) in [5.41, 5.74) is 4.55. The lowest BCUT2D eigenvalue weighted by atomic mass is 9.97. The third kappa shape index (κ3) is 6.99. The number of amides is 2. The summed E-state index contributed by atoms with van der Waals surface area (Å²) >= 11 is 0. The molecule has 0 N–H and O–H groups in total. The number of hydrogen-bond donors (Lipinski definition) is 0. The van der Waals surface area contributed by atoms with Gasteiger partial charge in [0.15, 0.2) is 0 Å². The number of piperazine rings is 1. The fraction of sp³-hybridized carbons (Fsp3) is 0.342. The maximum atomic E-state index is 14.0.